The quantitative estimate of drug-likeness (QED) is 0.355. The Balaban J connectivity index is 2.02. The maximum atomic E-state index is 7.61. The third-order valence-corrected chi connectivity index (χ3v) is 3.88. The third-order valence-electron chi connectivity index (χ3n) is 3.88. The van der Waals surface area contributed by atoms with E-state index in [2.05, 4.69) is 5.32 Å². The molecule has 0 bridgehead atoms. The Labute approximate surface area is 157 Å². The van der Waals surface area contributed by atoms with Crippen LogP contribution >= 0.6 is 0 Å². The van der Waals surface area contributed by atoms with Crippen molar-refractivity contribution in [1.29, 1.82) is 10.8 Å². The molecule has 7 N–H and O–H groups in total. The van der Waals surface area contributed by atoms with E-state index < -0.39 is 0 Å². The molecule has 0 aromatic heterocycles. The number of nitrogens with zero attached hydrogens (tertiary/aromatic N) is 1. The van der Waals surface area contributed by atoms with E-state index in [1.54, 1.807) is 24.3 Å². The molecule has 27 heavy (non-hydrogen) atoms. The molecule has 0 amide bonds. The summed E-state index contributed by atoms with van der Waals surface area (Å²) in [5.74, 6) is 0.637. The van der Waals surface area contributed by atoms with Crippen molar-refractivity contribution in [3.63, 3.8) is 0 Å². The number of nitrogens with two attached hydrogens (primary N) is 2. The Morgan fingerprint density at radius 3 is 1.96 bits per heavy atom. The number of hydrogen-bond donors (Lipinski definition) is 5. The van der Waals surface area contributed by atoms with Crippen molar-refractivity contribution in [1.82, 2.24) is 0 Å². The summed E-state index contributed by atoms with van der Waals surface area (Å²) < 4.78 is 0. The van der Waals surface area contributed by atoms with Gasteiger partial charge in [-0.05, 0) is 24.3 Å². The second-order valence-electron chi connectivity index (χ2n) is 5.91. The Hall–Kier alpha value is -3.93. The number of nitrogen functional groups attached to an aromatic ring is 2. The average molecular weight is 356 g/mol. The molecule has 6 nitrogen and oxygen atoms in total. The van der Waals surface area contributed by atoms with Gasteiger partial charge < -0.3 is 16.8 Å². The molecule has 0 unspecified atom stereocenters. The molecule has 134 valence electrons. The molecule has 0 aliphatic heterocycles. The molecule has 0 heterocycles. The summed E-state index contributed by atoms with van der Waals surface area (Å²) >= 11 is 0. The summed E-state index contributed by atoms with van der Waals surface area (Å²) in [5, 5.41) is 18.5. The molecule has 0 fully saturated rings. The first-order valence-electron chi connectivity index (χ1n) is 8.33. The van der Waals surface area contributed by atoms with Crippen molar-refractivity contribution in [2.24, 2.45) is 16.5 Å². The first kappa shape index (κ1) is 17.9. The standard InChI is InChI=1S/C21H20N6/c22-19(23)15-8-4-10-17(12-15)26-21(14-6-2-1-3-7-14)27-18-11-5-9-16(13-18)20(24)25/h1-13H,(H3,22,23)(H3,24,25)(H,26,27). The first-order chi connectivity index (χ1) is 13.0. The van der Waals surface area contributed by atoms with Crippen LogP contribution in [0.3, 0.4) is 0 Å². The van der Waals surface area contributed by atoms with Gasteiger partial charge in [0.2, 0.25) is 0 Å². The highest BCUT2D eigenvalue weighted by molar-refractivity contribution is 6.10. The summed E-state index contributed by atoms with van der Waals surface area (Å²) in [6.07, 6.45) is 0. The van der Waals surface area contributed by atoms with Gasteiger partial charge in [-0.25, -0.2) is 4.99 Å². The molecule has 3 aromatic rings. The van der Waals surface area contributed by atoms with Gasteiger partial charge in [-0.15, -0.1) is 0 Å². The Bertz CT molecular complexity index is 1010. The van der Waals surface area contributed by atoms with E-state index in [0.29, 0.717) is 22.6 Å². The smallest absolute Gasteiger partial charge is 0.138 e. The number of rotatable bonds is 5. The summed E-state index contributed by atoms with van der Waals surface area (Å²) in [4.78, 5) is 4.71. The molecule has 0 spiro atoms. The predicted molar refractivity (Wildman–Crippen MR) is 111 cm³/mol. The van der Waals surface area contributed by atoms with Crippen LogP contribution in [0.25, 0.3) is 0 Å². The van der Waals surface area contributed by atoms with Crippen molar-refractivity contribution in [2.75, 3.05) is 5.32 Å². The second-order valence-corrected chi connectivity index (χ2v) is 5.91. The van der Waals surface area contributed by atoms with Crippen LogP contribution in [0.5, 0.6) is 0 Å². The van der Waals surface area contributed by atoms with Crippen LogP contribution in [0.1, 0.15) is 16.7 Å². The normalized spacial score (nSPS) is 11.0. The third kappa shape index (κ3) is 4.58. The molecule has 3 aromatic carbocycles. The van der Waals surface area contributed by atoms with Crippen LogP contribution in [0.2, 0.25) is 0 Å². The number of anilines is 1. The Morgan fingerprint density at radius 2 is 1.30 bits per heavy atom. The van der Waals surface area contributed by atoms with Gasteiger partial charge in [0.1, 0.15) is 17.5 Å². The lowest BCUT2D eigenvalue weighted by Crippen LogP contribution is -2.15. The van der Waals surface area contributed by atoms with E-state index >= 15 is 0 Å². The fourth-order valence-electron chi connectivity index (χ4n) is 2.53. The SMILES string of the molecule is N=C(N)c1cccc(N=C(Nc2cccc(C(=N)N)c2)c2ccccc2)c1. The van der Waals surface area contributed by atoms with Crippen LogP contribution in [-0.4, -0.2) is 17.5 Å². The fourth-order valence-corrected chi connectivity index (χ4v) is 2.53. The van der Waals surface area contributed by atoms with E-state index in [9.17, 15) is 0 Å². The highest BCUT2D eigenvalue weighted by Gasteiger charge is 2.07. The summed E-state index contributed by atoms with van der Waals surface area (Å²) in [6.45, 7) is 0. The molecule has 0 saturated heterocycles. The summed E-state index contributed by atoms with van der Waals surface area (Å²) in [6, 6.07) is 24.2. The maximum absolute atomic E-state index is 7.61. The van der Waals surface area contributed by atoms with Gasteiger partial charge in [-0.2, -0.15) is 0 Å². The Kier molecular flexibility index (Phi) is 5.28. The van der Waals surface area contributed by atoms with E-state index in [1.165, 1.54) is 0 Å². The zero-order valence-electron chi connectivity index (χ0n) is 14.6. The number of nitrogens with one attached hydrogen (secondary N) is 3. The van der Waals surface area contributed by atoms with Crippen LogP contribution in [0.15, 0.2) is 83.9 Å². The van der Waals surface area contributed by atoms with Crippen LogP contribution < -0.4 is 16.8 Å². The van der Waals surface area contributed by atoms with E-state index in [1.807, 2.05) is 54.6 Å². The number of aliphatic imine (C=N–C) groups is 1. The van der Waals surface area contributed by atoms with E-state index in [4.69, 9.17) is 27.3 Å². The van der Waals surface area contributed by atoms with Crippen LogP contribution in [0, 0.1) is 10.8 Å². The van der Waals surface area contributed by atoms with Crippen LogP contribution in [-0.2, 0) is 0 Å². The van der Waals surface area contributed by atoms with Gasteiger partial charge >= 0.3 is 0 Å². The van der Waals surface area contributed by atoms with E-state index in [-0.39, 0.29) is 11.7 Å². The predicted octanol–water partition coefficient (Wildman–Crippen LogP) is 3.45. The topological polar surface area (TPSA) is 124 Å². The van der Waals surface area contributed by atoms with E-state index in [0.717, 1.165) is 11.3 Å². The number of benzene rings is 3. The van der Waals surface area contributed by atoms with Gasteiger partial charge in [0.15, 0.2) is 0 Å². The highest BCUT2D eigenvalue weighted by atomic mass is 15.0. The lowest BCUT2D eigenvalue weighted by molar-refractivity contribution is 1.40. The van der Waals surface area contributed by atoms with Crippen molar-refractivity contribution < 1.29 is 0 Å². The van der Waals surface area contributed by atoms with Gasteiger partial charge in [0.25, 0.3) is 0 Å². The van der Waals surface area contributed by atoms with Crippen molar-refractivity contribution in [3.8, 4) is 0 Å². The average Bonchev–Trinajstić information content (AvgIpc) is 2.68. The highest BCUT2D eigenvalue weighted by Crippen LogP contribution is 2.18. The zero-order valence-corrected chi connectivity index (χ0v) is 14.6. The van der Waals surface area contributed by atoms with Crippen LogP contribution in [0.4, 0.5) is 11.4 Å². The molecular formula is C21H20N6. The molecule has 0 aliphatic carbocycles. The molecule has 0 radical (unpaired) electrons. The molecular weight excluding hydrogens is 336 g/mol. The minimum absolute atomic E-state index is 0.00423. The van der Waals surface area contributed by atoms with Gasteiger partial charge in [0.05, 0.1) is 5.69 Å². The largest absolute Gasteiger partial charge is 0.384 e. The lowest BCUT2D eigenvalue weighted by atomic mass is 10.1. The minimum atomic E-state index is -0.00423. The Morgan fingerprint density at radius 1 is 0.704 bits per heavy atom. The molecule has 0 aliphatic rings. The molecule has 6 heteroatoms. The molecule has 0 atom stereocenters. The van der Waals surface area contributed by atoms with Crippen molar-refractivity contribution in [2.45, 2.75) is 0 Å². The molecule has 0 saturated carbocycles. The first-order valence-corrected chi connectivity index (χ1v) is 8.33. The monoisotopic (exact) mass is 356 g/mol. The van der Waals surface area contributed by atoms with Gasteiger partial charge in [-0.1, -0.05) is 54.6 Å². The number of amidine groups is 3. The second kappa shape index (κ2) is 7.97. The zero-order chi connectivity index (χ0) is 19.2. The van der Waals surface area contributed by atoms with Gasteiger partial charge in [0, 0.05) is 22.4 Å². The van der Waals surface area contributed by atoms with Crippen molar-refractivity contribution >= 4 is 28.9 Å². The maximum Gasteiger partial charge on any atom is 0.138 e. The molecule has 3 rings (SSSR count). The van der Waals surface area contributed by atoms with Crippen molar-refractivity contribution in [3.05, 3.63) is 95.6 Å². The minimum Gasteiger partial charge on any atom is -0.384 e. The fraction of sp³-hybridized carbons (Fsp3) is 0. The summed E-state index contributed by atoms with van der Waals surface area (Å²) in [5.41, 5.74) is 14.8. The summed E-state index contributed by atoms with van der Waals surface area (Å²) in [7, 11) is 0. The van der Waals surface area contributed by atoms with Gasteiger partial charge in [-0.3, -0.25) is 10.8 Å². The number of hydrogen-bond acceptors (Lipinski definition) is 3. The lowest BCUT2D eigenvalue weighted by Gasteiger charge is -2.12.